The standard InChI is InChI=1S/C19H22/c1-3-7-16(8-4-1)15-17-11-13-19(14-12-17)18-9-5-2-6-10-18/h1,3-4,7-8,11-14,18H,2,5-6,9-10,15H2. The molecule has 0 aliphatic heterocycles. The lowest BCUT2D eigenvalue weighted by molar-refractivity contribution is 0.443. The van der Waals surface area contributed by atoms with Crippen molar-refractivity contribution in [3.63, 3.8) is 0 Å². The summed E-state index contributed by atoms with van der Waals surface area (Å²) in [7, 11) is 0. The highest BCUT2D eigenvalue weighted by Gasteiger charge is 2.14. The zero-order chi connectivity index (χ0) is 12.9. The summed E-state index contributed by atoms with van der Waals surface area (Å²) in [6, 6.07) is 20.1. The molecule has 2 aromatic carbocycles. The van der Waals surface area contributed by atoms with E-state index in [4.69, 9.17) is 0 Å². The maximum Gasteiger partial charge on any atom is -0.00258 e. The normalized spacial score (nSPS) is 16.4. The van der Waals surface area contributed by atoms with E-state index in [0.717, 1.165) is 12.3 Å². The van der Waals surface area contributed by atoms with Gasteiger partial charge in [0.15, 0.2) is 0 Å². The van der Waals surface area contributed by atoms with Crippen molar-refractivity contribution in [2.75, 3.05) is 0 Å². The van der Waals surface area contributed by atoms with Crippen LogP contribution in [0.1, 0.15) is 54.7 Å². The minimum atomic E-state index is 0.819. The molecule has 1 aliphatic carbocycles. The maximum atomic E-state index is 2.36. The van der Waals surface area contributed by atoms with Gasteiger partial charge in [0.05, 0.1) is 0 Å². The topological polar surface area (TPSA) is 0 Å². The second-order valence-electron chi connectivity index (χ2n) is 5.74. The first kappa shape index (κ1) is 12.5. The van der Waals surface area contributed by atoms with Crippen LogP contribution in [0.5, 0.6) is 0 Å². The zero-order valence-corrected chi connectivity index (χ0v) is 11.5. The van der Waals surface area contributed by atoms with E-state index in [2.05, 4.69) is 54.6 Å². The van der Waals surface area contributed by atoms with Crippen LogP contribution in [0.2, 0.25) is 0 Å². The molecule has 0 spiro atoms. The molecule has 19 heavy (non-hydrogen) atoms. The van der Waals surface area contributed by atoms with Gasteiger partial charge in [-0.2, -0.15) is 0 Å². The molecule has 1 aliphatic rings. The molecular weight excluding hydrogens is 228 g/mol. The van der Waals surface area contributed by atoms with Crippen LogP contribution in [-0.4, -0.2) is 0 Å². The molecule has 0 heteroatoms. The van der Waals surface area contributed by atoms with Crippen molar-refractivity contribution in [3.05, 3.63) is 71.3 Å². The number of benzene rings is 2. The van der Waals surface area contributed by atoms with Crippen LogP contribution in [0.3, 0.4) is 0 Å². The van der Waals surface area contributed by atoms with E-state index in [1.807, 2.05) is 0 Å². The second-order valence-corrected chi connectivity index (χ2v) is 5.74. The molecule has 0 bridgehead atoms. The largest absolute Gasteiger partial charge is 0.0622 e. The monoisotopic (exact) mass is 250 g/mol. The van der Waals surface area contributed by atoms with Gasteiger partial charge in [0.2, 0.25) is 0 Å². The summed E-state index contributed by atoms with van der Waals surface area (Å²) in [6.45, 7) is 0. The Kier molecular flexibility index (Phi) is 3.98. The number of hydrogen-bond acceptors (Lipinski definition) is 0. The summed E-state index contributed by atoms with van der Waals surface area (Å²) in [4.78, 5) is 0. The van der Waals surface area contributed by atoms with E-state index >= 15 is 0 Å². The van der Waals surface area contributed by atoms with Crippen molar-refractivity contribution >= 4 is 0 Å². The quantitative estimate of drug-likeness (QED) is 0.691. The van der Waals surface area contributed by atoms with Gasteiger partial charge in [-0.25, -0.2) is 0 Å². The van der Waals surface area contributed by atoms with Crippen molar-refractivity contribution in [1.29, 1.82) is 0 Å². The van der Waals surface area contributed by atoms with E-state index in [-0.39, 0.29) is 0 Å². The van der Waals surface area contributed by atoms with Gasteiger partial charge in [0.25, 0.3) is 0 Å². The summed E-state index contributed by atoms with van der Waals surface area (Å²) in [6.07, 6.45) is 8.08. The van der Waals surface area contributed by atoms with E-state index in [1.54, 1.807) is 5.56 Å². The lowest BCUT2D eigenvalue weighted by atomic mass is 9.84. The summed E-state index contributed by atoms with van der Waals surface area (Å²) >= 11 is 0. The lowest BCUT2D eigenvalue weighted by Crippen LogP contribution is -2.04. The molecule has 0 N–H and O–H groups in total. The molecule has 0 radical (unpaired) electrons. The molecule has 98 valence electrons. The van der Waals surface area contributed by atoms with Crippen LogP contribution >= 0.6 is 0 Å². The molecule has 0 heterocycles. The Morgan fingerprint density at radius 1 is 0.684 bits per heavy atom. The molecule has 0 saturated heterocycles. The number of hydrogen-bond donors (Lipinski definition) is 0. The molecule has 3 rings (SSSR count). The molecule has 0 aromatic heterocycles. The summed E-state index contributed by atoms with van der Waals surface area (Å²) in [5.41, 5.74) is 4.37. The molecule has 1 fully saturated rings. The minimum absolute atomic E-state index is 0.819. The van der Waals surface area contributed by atoms with Crippen molar-refractivity contribution in [3.8, 4) is 0 Å². The Labute approximate surface area is 116 Å². The Hall–Kier alpha value is -1.56. The van der Waals surface area contributed by atoms with Crippen LogP contribution in [0.15, 0.2) is 54.6 Å². The van der Waals surface area contributed by atoms with Crippen LogP contribution in [0.25, 0.3) is 0 Å². The highest BCUT2D eigenvalue weighted by atomic mass is 14.2. The lowest BCUT2D eigenvalue weighted by Gasteiger charge is -2.22. The first-order chi connectivity index (χ1) is 9.42. The SMILES string of the molecule is c1ccc(Cc2ccc(C3CCCCC3)cc2)cc1. The predicted octanol–water partition coefficient (Wildman–Crippen LogP) is 5.33. The highest BCUT2D eigenvalue weighted by Crippen LogP contribution is 2.32. The number of rotatable bonds is 3. The predicted molar refractivity (Wildman–Crippen MR) is 81.5 cm³/mol. The molecule has 1 saturated carbocycles. The second kappa shape index (κ2) is 6.06. The molecule has 2 aromatic rings. The van der Waals surface area contributed by atoms with E-state index < -0.39 is 0 Å². The molecule has 0 atom stereocenters. The van der Waals surface area contributed by atoms with Gasteiger partial charge in [0, 0.05) is 0 Å². The third-order valence-electron chi connectivity index (χ3n) is 4.31. The average Bonchev–Trinajstić information content (AvgIpc) is 2.50. The van der Waals surface area contributed by atoms with Crippen LogP contribution in [0.4, 0.5) is 0 Å². The molecular formula is C19H22. The van der Waals surface area contributed by atoms with Gasteiger partial charge in [-0.3, -0.25) is 0 Å². The minimum Gasteiger partial charge on any atom is -0.0622 e. The van der Waals surface area contributed by atoms with Crippen molar-refractivity contribution in [2.45, 2.75) is 44.4 Å². The van der Waals surface area contributed by atoms with Crippen LogP contribution < -0.4 is 0 Å². The first-order valence-electron chi connectivity index (χ1n) is 7.54. The fourth-order valence-electron chi connectivity index (χ4n) is 3.18. The summed E-state index contributed by atoms with van der Waals surface area (Å²) in [5.74, 6) is 0.819. The van der Waals surface area contributed by atoms with E-state index in [1.165, 1.54) is 43.2 Å². The fourth-order valence-corrected chi connectivity index (χ4v) is 3.18. The van der Waals surface area contributed by atoms with Crippen molar-refractivity contribution in [2.24, 2.45) is 0 Å². The van der Waals surface area contributed by atoms with E-state index in [0.29, 0.717) is 0 Å². The van der Waals surface area contributed by atoms with Crippen molar-refractivity contribution < 1.29 is 0 Å². The van der Waals surface area contributed by atoms with Gasteiger partial charge in [0.1, 0.15) is 0 Å². The van der Waals surface area contributed by atoms with Gasteiger partial charge >= 0.3 is 0 Å². The van der Waals surface area contributed by atoms with Gasteiger partial charge in [-0.15, -0.1) is 0 Å². The van der Waals surface area contributed by atoms with Gasteiger partial charge in [-0.1, -0.05) is 73.9 Å². The Morgan fingerprint density at radius 3 is 2.00 bits per heavy atom. The maximum absolute atomic E-state index is 2.36. The summed E-state index contributed by atoms with van der Waals surface area (Å²) < 4.78 is 0. The summed E-state index contributed by atoms with van der Waals surface area (Å²) in [5, 5.41) is 0. The van der Waals surface area contributed by atoms with Crippen LogP contribution in [0, 0.1) is 0 Å². The fraction of sp³-hybridized carbons (Fsp3) is 0.368. The van der Waals surface area contributed by atoms with Gasteiger partial charge < -0.3 is 0 Å². The average molecular weight is 250 g/mol. The van der Waals surface area contributed by atoms with Crippen LogP contribution in [-0.2, 0) is 6.42 Å². The Bertz CT molecular complexity index is 489. The Balaban J connectivity index is 1.68. The third kappa shape index (κ3) is 3.26. The third-order valence-corrected chi connectivity index (χ3v) is 4.31. The molecule has 0 amide bonds. The first-order valence-corrected chi connectivity index (χ1v) is 7.54. The van der Waals surface area contributed by atoms with Gasteiger partial charge in [-0.05, 0) is 41.9 Å². The molecule has 0 unspecified atom stereocenters. The highest BCUT2D eigenvalue weighted by molar-refractivity contribution is 5.30. The smallest absolute Gasteiger partial charge is 0.00258 e. The Morgan fingerprint density at radius 2 is 1.32 bits per heavy atom. The zero-order valence-electron chi connectivity index (χ0n) is 11.5. The van der Waals surface area contributed by atoms with E-state index in [9.17, 15) is 0 Å². The van der Waals surface area contributed by atoms with Crippen molar-refractivity contribution in [1.82, 2.24) is 0 Å². The molecule has 0 nitrogen and oxygen atoms in total.